The summed E-state index contributed by atoms with van der Waals surface area (Å²) in [7, 11) is 0. The Labute approximate surface area is 115 Å². The van der Waals surface area contributed by atoms with E-state index in [1.165, 1.54) is 11.3 Å². The van der Waals surface area contributed by atoms with Gasteiger partial charge in [0.05, 0.1) is 10.9 Å². The summed E-state index contributed by atoms with van der Waals surface area (Å²) < 4.78 is 0. The van der Waals surface area contributed by atoms with Gasteiger partial charge in [0.2, 0.25) is 5.91 Å². The van der Waals surface area contributed by atoms with Crippen molar-refractivity contribution in [2.45, 2.75) is 25.3 Å². The number of rotatable bonds is 3. The normalized spacial score (nSPS) is 15.8. The number of carbonyl (C=O) groups is 2. The Balaban J connectivity index is 1.79. The number of hydrogen-bond donors (Lipinski definition) is 1. The number of hydrogen-bond acceptors (Lipinski definition) is 4. The predicted molar refractivity (Wildman–Crippen MR) is 71.6 cm³/mol. The van der Waals surface area contributed by atoms with Gasteiger partial charge in [-0.05, 0) is 24.3 Å². The molecule has 6 heteroatoms. The molecular weight excluding hydrogens is 262 g/mol. The Kier molecular flexibility index (Phi) is 4.53. The van der Waals surface area contributed by atoms with E-state index in [-0.39, 0.29) is 24.3 Å². The van der Waals surface area contributed by atoms with Crippen LogP contribution in [0.3, 0.4) is 0 Å². The summed E-state index contributed by atoms with van der Waals surface area (Å²) in [6.45, 7) is 1.21. The van der Waals surface area contributed by atoms with E-state index in [4.69, 9.17) is 5.26 Å². The van der Waals surface area contributed by atoms with Gasteiger partial charge in [-0.3, -0.25) is 9.59 Å². The molecule has 19 heavy (non-hydrogen) atoms. The standard InChI is InChI=1S/C13H15N3O2S/c14-6-3-12(17)16-7-4-10(5-8-16)15-13(18)11-2-1-9-19-11/h1-2,9-10H,3-5,7-8H2,(H,15,18). The van der Waals surface area contributed by atoms with Crippen molar-refractivity contribution in [3.8, 4) is 6.07 Å². The topological polar surface area (TPSA) is 73.2 Å². The lowest BCUT2D eigenvalue weighted by molar-refractivity contribution is -0.131. The van der Waals surface area contributed by atoms with Crippen LogP contribution in [0.25, 0.3) is 0 Å². The van der Waals surface area contributed by atoms with Gasteiger partial charge in [0.25, 0.3) is 5.91 Å². The smallest absolute Gasteiger partial charge is 0.261 e. The zero-order valence-electron chi connectivity index (χ0n) is 10.5. The van der Waals surface area contributed by atoms with Crippen LogP contribution >= 0.6 is 11.3 Å². The summed E-state index contributed by atoms with van der Waals surface area (Å²) in [4.78, 5) is 25.8. The maximum atomic E-state index is 11.9. The first-order chi connectivity index (χ1) is 9.20. The molecule has 1 aliphatic rings. The Morgan fingerprint density at radius 2 is 2.21 bits per heavy atom. The van der Waals surface area contributed by atoms with E-state index in [0.29, 0.717) is 18.0 Å². The molecule has 0 radical (unpaired) electrons. The lowest BCUT2D eigenvalue weighted by Gasteiger charge is -2.31. The third kappa shape index (κ3) is 3.55. The van der Waals surface area contributed by atoms with Gasteiger partial charge >= 0.3 is 0 Å². The third-order valence-corrected chi connectivity index (χ3v) is 4.03. The minimum atomic E-state index is -0.120. The van der Waals surface area contributed by atoms with Crippen molar-refractivity contribution in [2.75, 3.05) is 13.1 Å². The molecule has 0 aliphatic carbocycles. The molecule has 2 amide bonds. The van der Waals surface area contributed by atoms with Crippen LogP contribution in [-0.4, -0.2) is 35.8 Å². The van der Waals surface area contributed by atoms with Gasteiger partial charge in [-0.15, -0.1) is 11.3 Å². The fraction of sp³-hybridized carbons (Fsp3) is 0.462. The Hall–Kier alpha value is -1.87. The molecule has 0 saturated carbocycles. The molecule has 5 nitrogen and oxygen atoms in total. The van der Waals surface area contributed by atoms with Crippen LogP contribution in [-0.2, 0) is 4.79 Å². The molecule has 2 rings (SSSR count). The van der Waals surface area contributed by atoms with Crippen LogP contribution in [0.15, 0.2) is 17.5 Å². The first-order valence-corrected chi connectivity index (χ1v) is 7.08. The molecule has 1 aromatic heterocycles. The van der Waals surface area contributed by atoms with Crippen LogP contribution in [0.1, 0.15) is 28.9 Å². The SMILES string of the molecule is N#CCC(=O)N1CCC(NC(=O)c2cccs2)CC1. The summed E-state index contributed by atoms with van der Waals surface area (Å²) in [6, 6.07) is 5.63. The fourth-order valence-corrected chi connectivity index (χ4v) is 2.74. The first kappa shape index (κ1) is 13.6. The molecule has 1 aromatic rings. The number of nitrogens with one attached hydrogen (secondary N) is 1. The summed E-state index contributed by atoms with van der Waals surface area (Å²) in [5, 5.41) is 13.3. The second-order valence-electron chi connectivity index (χ2n) is 4.44. The van der Waals surface area contributed by atoms with E-state index >= 15 is 0 Å². The maximum absolute atomic E-state index is 11.9. The molecule has 1 N–H and O–H groups in total. The minimum absolute atomic E-state index is 0.0446. The van der Waals surface area contributed by atoms with Gasteiger partial charge in [0.1, 0.15) is 6.42 Å². The van der Waals surface area contributed by atoms with Gasteiger partial charge in [-0.25, -0.2) is 0 Å². The number of thiophene rings is 1. The first-order valence-electron chi connectivity index (χ1n) is 6.20. The van der Waals surface area contributed by atoms with Gasteiger partial charge in [0, 0.05) is 19.1 Å². The van der Waals surface area contributed by atoms with Crippen LogP contribution in [0, 0.1) is 11.3 Å². The maximum Gasteiger partial charge on any atom is 0.261 e. The highest BCUT2D eigenvalue weighted by Gasteiger charge is 2.23. The van der Waals surface area contributed by atoms with Crippen LogP contribution < -0.4 is 5.32 Å². The van der Waals surface area contributed by atoms with Crippen molar-refractivity contribution in [3.05, 3.63) is 22.4 Å². The lowest BCUT2D eigenvalue weighted by atomic mass is 10.0. The van der Waals surface area contributed by atoms with E-state index in [9.17, 15) is 9.59 Å². The van der Waals surface area contributed by atoms with E-state index in [0.717, 1.165) is 12.8 Å². The van der Waals surface area contributed by atoms with Crippen molar-refractivity contribution in [2.24, 2.45) is 0 Å². The second-order valence-corrected chi connectivity index (χ2v) is 5.39. The van der Waals surface area contributed by atoms with E-state index in [1.807, 2.05) is 17.5 Å². The molecule has 0 atom stereocenters. The number of likely N-dealkylation sites (tertiary alicyclic amines) is 1. The monoisotopic (exact) mass is 277 g/mol. The van der Waals surface area contributed by atoms with E-state index in [1.54, 1.807) is 11.0 Å². The highest BCUT2D eigenvalue weighted by molar-refractivity contribution is 7.12. The average molecular weight is 277 g/mol. The van der Waals surface area contributed by atoms with Crippen molar-refractivity contribution in [1.82, 2.24) is 10.2 Å². The average Bonchev–Trinajstić information content (AvgIpc) is 2.94. The molecule has 2 heterocycles. The van der Waals surface area contributed by atoms with E-state index in [2.05, 4.69) is 5.32 Å². The highest BCUT2D eigenvalue weighted by atomic mass is 32.1. The highest BCUT2D eigenvalue weighted by Crippen LogP contribution is 2.14. The number of nitrogens with zero attached hydrogens (tertiary/aromatic N) is 2. The Morgan fingerprint density at radius 3 is 2.79 bits per heavy atom. The molecular formula is C13H15N3O2S. The van der Waals surface area contributed by atoms with E-state index < -0.39 is 0 Å². The number of amides is 2. The van der Waals surface area contributed by atoms with Crippen molar-refractivity contribution < 1.29 is 9.59 Å². The Bertz CT molecular complexity index is 484. The quantitative estimate of drug-likeness (QED) is 0.907. The fourth-order valence-electron chi connectivity index (χ4n) is 2.12. The summed E-state index contributed by atoms with van der Waals surface area (Å²) in [5.74, 6) is -0.165. The number of piperidine rings is 1. The van der Waals surface area contributed by atoms with Gasteiger partial charge in [-0.2, -0.15) is 5.26 Å². The predicted octanol–water partition coefficient (Wildman–Crippen LogP) is 1.38. The lowest BCUT2D eigenvalue weighted by Crippen LogP contribution is -2.46. The zero-order valence-corrected chi connectivity index (χ0v) is 11.3. The van der Waals surface area contributed by atoms with Gasteiger partial charge in [-0.1, -0.05) is 6.07 Å². The van der Waals surface area contributed by atoms with Gasteiger partial charge < -0.3 is 10.2 Å². The van der Waals surface area contributed by atoms with Crippen molar-refractivity contribution in [3.63, 3.8) is 0 Å². The van der Waals surface area contributed by atoms with Crippen LogP contribution in [0.2, 0.25) is 0 Å². The molecule has 0 aromatic carbocycles. The molecule has 100 valence electrons. The summed E-state index contributed by atoms with van der Waals surface area (Å²) in [5.41, 5.74) is 0. The molecule has 1 saturated heterocycles. The zero-order chi connectivity index (χ0) is 13.7. The molecule has 1 aliphatic heterocycles. The Morgan fingerprint density at radius 1 is 1.47 bits per heavy atom. The molecule has 0 unspecified atom stereocenters. The second kappa shape index (κ2) is 6.34. The van der Waals surface area contributed by atoms with Crippen molar-refractivity contribution >= 4 is 23.2 Å². The molecule has 0 spiro atoms. The summed E-state index contributed by atoms with van der Waals surface area (Å²) >= 11 is 1.42. The van der Waals surface area contributed by atoms with Gasteiger partial charge in [0.15, 0.2) is 0 Å². The summed E-state index contributed by atoms with van der Waals surface area (Å²) in [6.07, 6.45) is 1.43. The molecule has 0 bridgehead atoms. The van der Waals surface area contributed by atoms with Crippen molar-refractivity contribution in [1.29, 1.82) is 5.26 Å². The molecule has 1 fully saturated rings. The minimum Gasteiger partial charge on any atom is -0.348 e. The number of carbonyl (C=O) groups excluding carboxylic acids is 2. The van der Waals surface area contributed by atoms with Crippen LogP contribution in [0.5, 0.6) is 0 Å². The van der Waals surface area contributed by atoms with Crippen LogP contribution in [0.4, 0.5) is 0 Å². The number of nitriles is 1. The largest absolute Gasteiger partial charge is 0.348 e. The third-order valence-electron chi connectivity index (χ3n) is 3.16.